The predicted molar refractivity (Wildman–Crippen MR) is 28.9 cm³/mol. The van der Waals surface area contributed by atoms with Crippen molar-refractivity contribution < 1.29 is 14.7 Å². The molecule has 0 heterocycles. The highest BCUT2D eigenvalue weighted by atomic mass is 35.5. The molecule has 1 atom stereocenters. The van der Waals surface area contributed by atoms with Crippen LogP contribution in [0.2, 0.25) is 0 Å². The monoisotopic (exact) mass is 145 g/mol. The molecule has 1 unspecified atom stereocenters. The van der Waals surface area contributed by atoms with Crippen LogP contribution in [0.25, 0.3) is 0 Å². The third-order valence-electron chi connectivity index (χ3n) is 0.477. The van der Waals surface area contributed by atoms with E-state index in [9.17, 15) is 0 Å². The van der Waals surface area contributed by atoms with Crippen molar-refractivity contribution >= 4 is 19.5 Å². The Kier molecular flexibility index (Phi) is 2.44. The number of halogens is 1. The summed E-state index contributed by atoms with van der Waals surface area (Å²) < 4.78 is 0. The third kappa shape index (κ3) is 3.21. The highest BCUT2D eigenvalue weighted by molar-refractivity contribution is 7.61. The Balaban J connectivity index is 3.54. The van der Waals surface area contributed by atoms with Crippen LogP contribution in [-0.4, -0.2) is 19.8 Å². The molecule has 0 aromatic rings. The van der Waals surface area contributed by atoms with Gasteiger partial charge in [-0.15, -0.1) is 0 Å². The average molecular weight is 146 g/mol. The summed E-state index contributed by atoms with van der Waals surface area (Å²) in [7, 11) is -3.72. The number of rotatable bonds is 1. The molecule has 0 saturated heterocycles. The summed E-state index contributed by atoms with van der Waals surface area (Å²) >= 11 is 5.05. The van der Waals surface area contributed by atoms with Gasteiger partial charge in [0.25, 0.3) is 0 Å². The summed E-state index contributed by atoms with van der Waals surface area (Å²) in [5.74, 6) is 0. The van der Waals surface area contributed by atoms with E-state index in [1.165, 1.54) is 6.92 Å². The van der Waals surface area contributed by atoms with Crippen LogP contribution < -0.4 is 0 Å². The van der Waals surface area contributed by atoms with E-state index in [1.807, 2.05) is 0 Å². The zero-order chi connectivity index (χ0) is 6.08. The summed E-state index contributed by atoms with van der Waals surface area (Å²) in [6.45, 7) is 1.31. The second-order valence-electron chi connectivity index (χ2n) is 1.19. The maximum atomic E-state index is 8.19. The van der Waals surface area contributed by atoms with Crippen molar-refractivity contribution in [1.82, 2.24) is 0 Å². The van der Waals surface area contributed by atoms with Gasteiger partial charge in [-0.3, -0.25) is 0 Å². The quantitative estimate of drug-likeness (QED) is 0.368. The molecule has 0 spiro atoms. The van der Waals surface area contributed by atoms with Gasteiger partial charge >= 0.3 is 7.94 Å². The largest absolute Gasteiger partial charge is 0.422 e. The topological polar surface area (TPSA) is 60.7 Å². The minimum absolute atomic E-state index is 0.951. The van der Waals surface area contributed by atoms with Gasteiger partial charge in [-0.1, -0.05) is 11.6 Å². The van der Waals surface area contributed by atoms with Gasteiger partial charge in [-0.05, 0) is 6.92 Å². The fourth-order valence-corrected chi connectivity index (χ4v) is 0. The fraction of sp³-hybridized carbons (Fsp3) is 1.00. The minimum atomic E-state index is -3.72. The highest BCUT2D eigenvalue weighted by Crippen LogP contribution is 2.51. The Morgan fingerprint density at radius 2 is 1.57 bits per heavy atom. The molecule has 0 aromatic carbocycles. The first-order chi connectivity index (χ1) is 2.94. The molecule has 0 aliphatic heterocycles. The Hall–Kier alpha value is 0.600. The third-order valence-corrected chi connectivity index (χ3v) is 2.22. The van der Waals surface area contributed by atoms with Crippen molar-refractivity contribution in [2.24, 2.45) is 0 Å². The van der Waals surface area contributed by atoms with Gasteiger partial charge in [0.2, 0.25) is 5.12 Å². The van der Waals surface area contributed by atoms with Gasteiger partial charge in [0.1, 0.15) is 0 Å². The second-order valence-corrected chi connectivity index (χ2v) is 4.15. The van der Waals surface area contributed by atoms with Crippen molar-refractivity contribution in [3.8, 4) is 0 Å². The van der Waals surface area contributed by atoms with Crippen LogP contribution in [0.5, 0.6) is 0 Å². The van der Waals surface area contributed by atoms with E-state index in [0.717, 1.165) is 0 Å². The van der Waals surface area contributed by atoms with E-state index in [1.54, 1.807) is 0 Å². The van der Waals surface area contributed by atoms with E-state index in [0.29, 0.717) is 0 Å². The van der Waals surface area contributed by atoms with E-state index in [2.05, 4.69) is 0 Å². The molecule has 7 heavy (non-hydrogen) atoms. The Morgan fingerprint density at radius 1 is 1.43 bits per heavy atom. The summed E-state index contributed by atoms with van der Waals surface area (Å²) in [6.07, 6.45) is 0. The smallest absolute Gasteiger partial charge is 0.192 e. The molecule has 3 nitrogen and oxygen atoms in total. The lowest BCUT2D eigenvalue weighted by Crippen LogP contribution is -1.98. The summed E-state index contributed by atoms with van der Waals surface area (Å²) in [5.41, 5.74) is 0. The molecule has 0 aromatic heterocycles. The molecule has 44 valence electrons. The number of hydrogen-bond donors (Lipinski definition) is 3. The first-order valence-electron chi connectivity index (χ1n) is 1.65. The van der Waals surface area contributed by atoms with E-state index >= 15 is 0 Å². The summed E-state index contributed by atoms with van der Waals surface area (Å²) in [4.78, 5) is 24.6. The number of hydrogen-bond acceptors (Lipinski definition) is 3. The first-order valence-corrected chi connectivity index (χ1v) is 3.81. The lowest BCUT2D eigenvalue weighted by atomic mass is 11.0. The molecule has 0 fully saturated rings. The highest BCUT2D eigenvalue weighted by Gasteiger charge is 2.36. The molecular weight excluding hydrogens is 138 g/mol. The van der Waals surface area contributed by atoms with Crippen molar-refractivity contribution in [1.29, 1.82) is 0 Å². The molecule has 3 N–H and O–H groups in total. The van der Waals surface area contributed by atoms with Crippen LogP contribution in [0.3, 0.4) is 0 Å². The summed E-state index contributed by atoms with van der Waals surface area (Å²) in [6, 6.07) is 0. The van der Waals surface area contributed by atoms with Crippen molar-refractivity contribution in [2.75, 3.05) is 0 Å². The molecule has 0 rings (SSSR count). The van der Waals surface area contributed by atoms with Crippen LogP contribution in [0, 0.1) is 0 Å². The Labute approximate surface area is 47.1 Å². The fourth-order valence-electron chi connectivity index (χ4n) is 0. The maximum absolute atomic E-state index is 8.19. The molecule has 0 aliphatic carbocycles. The SMILES string of the molecule is CC(Cl)[P+](O)(O)O. The van der Waals surface area contributed by atoms with Crippen molar-refractivity contribution in [2.45, 2.75) is 12.0 Å². The standard InChI is InChI=1S/C2H7ClO3P/c1-2(3)7(4,5)6/h2,4-6H,1H3/q+1. The van der Waals surface area contributed by atoms with Crippen LogP contribution in [0.1, 0.15) is 6.92 Å². The molecule has 0 amide bonds. The van der Waals surface area contributed by atoms with E-state index in [-0.39, 0.29) is 0 Å². The van der Waals surface area contributed by atoms with Gasteiger partial charge in [0.05, 0.1) is 0 Å². The second kappa shape index (κ2) is 2.25. The lowest BCUT2D eigenvalue weighted by Gasteiger charge is -2.02. The predicted octanol–water partition coefficient (Wildman–Crippen LogP) is 0.311. The lowest BCUT2D eigenvalue weighted by molar-refractivity contribution is 0.328. The maximum Gasteiger partial charge on any atom is 0.422 e. The van der Waals surface area contributed by atoms with Gasteiger partial charge in [0.15, 0.2) is 0 Å². The molecule has 0 aliphatic rings. The molecule has 5 heteroatoms. The molecular formula is C2H7ClO3P+. The molecule has 0 radical (unpaired) electrons. The minimum Gasteiger partial charge on any atom is -0.192 e. The first kappa shape index (κ1) is 7.60. The van der Waals surface area contributed by atoms with E-state index in [4.69, 9.17) is 26.3 Å². The van der Waals surface area contributed by atoms with Crippen LogP contribution in [0.15, 0.2) is 0 Å². The Bertz CT molecular complexity index is 58.4. The summed E-state index contributed by atoms with van der Waals surface area (Å²) in [5, 5.41) is -0.951. The average Bonchev–Trinajstić information content (AvgIpc) is 1.31. The zero-order valence-corrected chi connectivity index (χ0v) is 5.39. The molecule has 0 bridgehead atoms. The zero-order valence-electron chi connectivity index (χ0n) is 3.74. The Morgan fingerprint density at radius 3 is 1.57 bits per heavy atom. The normalized spacial score (nSPS) is 16.7. The van der Waals surface area contributed by atoms with Gasteiger partial charge in [-0.25, -0.2) is 0 Å². The van der Waals surface area contributed by atoms with Gasteiger partial charge in [0, 0.05) is 0 Å². The molecule has 0 saturated carbocycles. The van der Waals surface area contributed by atoms with E-state index < -0.39 is 13.1 Å². The van der Waals surface area contributed by atoms with Gasteiger partial charge < -0.3 is 0 Å². The van der Waals surface area contributed by atoms with Gasteiger partial charge in [-0.2, -0.15) is 14.7 Å². The van der Waals surface area contributed by atoms with Crippen LogP contribution in [0.4, 0.5) is 0 Å². The van der Waals surface area contributed by atoms with Crippen molar-refractivity contribution in [3.63, 3.8) is 0 Å². The number of alkyl halides is 1. The van der Waals surface area contributed by atoms with Crippen LogP contribution >= 0.6 is 19.5 Å². The van der Waals surface area contributed by atoms with Crippen LogP contribution in [-0.2, 0) is 0 Å². The van der Waals surface area contributed by atoms with Crippen molar-refractivity contribution in [3.05, 3.63) is 0 Å².